The van der Waals surface area contributed by atoms with Gasteiger partial charge in [-0.1, -0.05) is 36.0 Å². The molecule has 5 heteroatoms. The summed E-state index contributed by atoms with van der Waals surface area (Å²) in [5, 5.41) is 0. The Bertz CT molecular complexity index is 609. The number of allylic oxidation sites excluding steroid dienone is 6. The quantitative estimate of drug-likeness (QED) is 0.754. The third-order valence-electron chi connectivity index (χ3n) is 3.15. The third-order valence-corrected chi connectivity index (χ3v) is 3.15. The maximum Gasteiger partial charge on any atom is 0.358 e. The normalized spacial score (nSPS) is 13.7. The monoisotopic (exact) mass is 286 g/mol. The van der Waals surface area contributed by atoms with Crippen LogP contribution in [-0.2, 0) is 16.1 Å². The zero-order chi connectivity index (χ0) is 15.1. The molecular weight excluding hydrogens is 268 g/mol. The summed E-state index contributed by atoms with van der Waals surface area (Å²) in [7, 11) is 1.30. The Morgan fingerprint density at radius 2 is 2.24 bits per heavy atom. The molecule has 0 radical (unpaired) electrons. The Labute approximate surface area is 123 Å². The van der Waals surface area contributed by atoms with E-state index in [0.717, 1.165) is 12.8 Å². The third kappa shape index (κ3) is 4.56. The van der Waals surface area contributed by atoms with Gasteiger partial charge in [-0.2, -0.15) is 0 Å². The van der Waals surface area contributed by atoms with Crippen molar-refractivity contribution < 1.29 is 14.3 Å². The smallest absolute Gasteiger partial charge is 0.358 e. The minimum atomic E-state index is -0.498. The van der Waals surface area contributed by atoms with Crippen LogP contribution in [0.25, 0.3) is 0 Å². The molecule has 110 valence electrons. The van der Waals surface area contributed by atoms with Crippen molar-refractivity contribution in [3.8, 4) is 0 Å². The maximum absolute atomic E-state index is 12.0. The minimum Gasteiger partial charge on any atom is -0.464 e. The lowest BCUT2D eigenvalue weighted by molar-refractivity contribution is -0.119. The van der Waals surface area contributed by atoms with Gasteiger partial charge in [0.25, 0.3) is 0 Å². The first-order valence-corrected chi connectivity index (χ1v) is 6.83. The Balaban J connectivity index is 1.83. The molecule has 5 nitrogen and oxygen atoms in total. The van der Waals surface area contributed by atoms with Crippen LogP contribution in [0.1, 0.15) is 29.8 Å². The van der Waals surface area contributed by atoms with Gasteiger partial charge in [-0.05, 0) is 12.8 Å². The van der Waals surface area contributed by atoms with Crippen LogP contribution < -0.4 is 0 Å². The number of methoxy groups -OCH3 is 1. The highest BCUT2D eigenvalue weighted by molar-refractivity contribution is 5.87. The van der Waals surface area contributed by atoms with E-state index < -0.39 is 5.97 Å². The van der Waals surface area contributed by atoms with Gasteiger partial charge in [-0.3, -0.25) is 4.79 Å². The fourth-order valence-electron chi connectivity index (χ4n) is 2.03. The van der Waals surface area contributed by atoms with Crippen LogP contribution in [0.5, 0.6) is 0 Å². The summed E-state index contributed by atoms with van der Waals surface area (Å²) in [6.07, 6.45) is 15.3. The van der Waals surface area contributed by atoms with Crippen molar-refractivity contribution in [2.75, 3.05) is 7.11 Å². The number of imidazole rings is 1. The second kappa shape index (κ2) is 7.38. The van der Waals surface area contributed by atoms with Gasteiger partial charge >= 0.3 is 5.97 Å². The van der Waals surface area contributed by atoms with Crippen molar-refractivity contribution in [3.05, 3.63) is 54.2 Å². The number of nitrogens with zero attached hydrogens (tertiary/aromatic N) is 2. The summed E-state index contributed by atoms with van der Waals surface area (Å²) < 4.78 is 6.18. The van der Waals surface area contributed by atoms with Crippen LogP contribution in [0.3, 0.4) is 0 Å². The molecule has 0 N–H and O–H groups in total. The van der Waals surface area contributed by atoms with Gasteiger partial charge in [0, 0.05) is 12.6 Å². The van der Waals surface area contributed by atoms with Gasteiger partial charge in [-0.15, -0.1) is 0 Å². The summed E-state index contributed by atoms with van der Waals surface area (Å²) in [5.41, 5.74) is 1.39. The number of ether oxygens (including phenoxy) is 1. The van der Waals surface area contributed by atoms with E-state index in [1.807, 2.05) is 18.2 Å². The average Bonchev–Trinajstić information content (AvgIpc) is 2.79. The van der Waals surface area contributed by atoms with E-state index in [1.165, 1.54) is 25.2 Å². The van der Waals surface area contributed by atoms with Crippen molar-refractivity contribution in [1.82, 2.24) is 9.55 Å². The van der Waals surface area contributed by atoms with Gasteiger partial charge in [0.05, 0.1) is 20.0 Å². The van der Waals surface area contributed by atoms with E-state index in [2.05, 4.69) is 21.9 Å². The number of aromatic nitrogens is 2. The first kappa shape index (κ1) is 15.0. The molecule has 0 amide bonds. The van der Waals surface area contributed by atoms with E-state index in [9.17, 15) is 9.59 Å². The van der Waals surface area contributed by atoms with E-state index >= 15 is 0 Å². The number of esters is 1. The van der Waals surface area contributed by atoms with Crippen molar-refractivity contribution in [1.29, 1.82) is 0 Å². The maximum atomic E-state index is 12.0. The lowest BCUT2D eigenvalue weighted by atomic mass is 10.1. The molecule has 0 saturated heterocycles. The molecule has 0 saturated carbocycles. The summed E-state index contributed by atoms with van der Waals surface area (Å²) in [5.74, 6) is -0.391. The summed E-state index contributed by atoms with van der Waals surface area (Å²) in [4.78, 5) is 27.1. The zero-order valence-corrected chi connectivity index (χ0v) is 12.0. The number of hydrogen-bond donors (Lipinski definition) is 0. The number of hydrogen-bond acceptors (Lipinski definition) is 4. The van der Waals surface area contributed by atoms with Gasteiger partial charge in [-0.25, -0.2) is 9.78 Å². The van der Waals surface area contributed by atoms with Crippen LogP contribution in [0.4, 0.5) is 0 Å². The Hall–Kier alpha value is -2.43. The van der Waals surface area contributed by atoms with Crippen LogP contribution in [0.2, 0.25) is 0 Å². The van der Waals surface area contributed by atoms with Gasteiger partial charge < -0.3 is 9.30 Å². The highest BCUT2D eigenvalue weighted by atomic mass is 16.5. The molecule has 1 aromatic rings. The SMILES string of the molecule is COC(=O)c1cn(CC(=O)CCC2=CCC=CC=C2)cn1. The molecule has 0 fully saturated rings. The van der Waals surface area contributed by atoms with Crippen LogP contribution in [0, 0.1) is 0 Å². The van der Waals surface area contributed by atoms with Crippen LogP contribution in [-0.4, -0.2) is 28.4 Å². The second-order valence-electron chi connectivity index (χ2n) is 4.76. The molecule has 1 heterocycles. The Kier molecular flexibility index (Phi) is 5.26. The van der Waals surface area contributed by atoms with Crippen molar-refractivity contribution in [2.24, 2.45) is 0 Å². The Morgan fingerprint density at radius 3 is 3.05 bits per heavy atom. The second-order valence-corrected chi connectivity index (χ2v) is 4.76. The molecule has 0 spiro atoms. The molecule has 1 aromatic heterocycles. The van der Waals surface area contributed by atoms with E-state index in [-0.39, 0.29) is 18.0 Å². The number of Topliss-reactive ketones (excluding diaryl/α,β-unsaturated/α-hetero) is 1. The number of ketones is 1. The minimum absolute atomic E-state index is 0.107. The fraction of sp³-hybridized carbons (Fsp3) is 0.312. The predicted octanol–water partition coefficient (Wildman–Crippen LogP) is 2.46. The first-order chi connectivity index (χ1) is 10.2. The standard InChI is InChI=1S/C16H18N2O3/c1-21-16(20)15-11-18(12-17-15)10-14(19)9-8-13-6-4-2-3-5-7-13/h2-4,6-7,11-12H,5,8-10H2,1H3. The molecule has 0 bridgehead atoms. The molecule has 0 aromatic carbocycles. The van der Waals surface area contributed by atoms with Gasteiger partial charge in [0.1, 0.15) is 0 Å². The van der Waals surface area contributed by atoms with E-state index in [4.69, 9.17) is 0 Å². The van der Waals surface area contributed by atoms with Gasteiger partial charge in [0.2, 0.25) is 0 Å². The summed E-state index contributed by atoms with van der Waals surface area (Å²) in [6, 6.07) is 0. The molecule has 0 atom stereocenters. The van der Waals surface area contributed by atoms with Crippen LogP contribution in [0.15, 0.2) is 48.5 Å². The molecule has 1 aliphatic rings. The number of rotatable bonds is 6. The average molecular weight is 286 g/mol. The first-order valence-electron chi connectivity index (χ1n) is 6.83. The van der Waals surface area contributed by atoms with E-state index in [1.54, 1.807) is 4.57 Å². The van der Waals surface area contributed by atoms with Crippen molar-refractivity contribution in [3.63, 3.8) is 0 Å². The highest BCUT2D eigenvalue weighted by Crippen LogP contribution is 2.12. The number of carbonyl (C=O) groups is 2. The lowest BCUT2D eigenvalue weighted by Gasteiger charge is -2.03. The summed E-state index contributed by atoms with van der Waals surface area (Å²) in [6.45, 7) is 0.221. The van der Waals surface area contributed by atoms with Gasteiger partial charge in [0.15, 0.2) is 11.5 Å². The van der Waals surface area contributed by atoms with E-state index in [0.29, 0.717) is 6.42 Å². The molecule has 2 rings (SSSR count). The lowest BCUT2D eigenvalue weighted by Crippen LogP contribution is -2.08. The highest BCUT2D eigenvalue weighted by Gasteiger charge is 2.11. The molecule has 0 unspecified atom stereocenters. The zero-order valence-electron chi connectivity index (χ0n) is 12.0. The number of carbonyl (C=O) groups excluding carboxylic acids is 2. The molecule has 0 aliphatic heterocycles. The summed E-state index contributed by atoms with van der Waals surface area (Å²) >= 11 is 0. The van der Waals surface area contributed by atoms with Crippen LogP contribution >= 0.6 is 0 Å². The molecular formula is C16H18N2O3. The fourth-order valence-corrected chi connectivity index (χ4v) is 2.03. The van der Waals surface area contributed by atoms with Crippen molar-refractivity contribution >= 4 is 11.8 Å². The predicted molar refractivity (Wildman–Crippen MR) is 78.8 cm³/mol. The molecule has 21 heavy (non-hydrogen) atoms. The topological polar surface area (TPSA) is 61.2 Å². The van der Waals surface area contributed by atoms with Crippen molar-refractivity contribution in [2.45, 2.75) is 25.8 Å². The largest absolute Gasteiger partial charge is 0.464 e. The molecule has 1 aliphatic carbocycles. The Morgan fingerprint density at radius 1 is 1.38 bits per heavy atom.